The van der Waals surface area contributed by atoms with Crippen LogP contribution in [0.2, 0.25) is 0 Å². The van der Waals surface area contributed by atoms with E-state index in [1.54, 1.807) is 0 Å². The van der Waals surface area contributed by atoms with Gasteiger partial charge in [-0.2, -0.15) is 0 Å². The lowest BCUT2D eigenvalue weighted by Crippen LogP contribution is -2.22. The summed E-state index contributed by atoms with van der Waals surface area (Å²) in [5.41, 5.74) is 7.26. The van der Waals surface area contributed by atoms with Gasteiger partial charge >= 0.3 is 0 Å². The Bertz CT molecular complexity index is 1330. The van der Waals surface area contributed by atoms with Gasteiger partial charge in [-0.3, -0.25) is 4.79 Å². The van der Waals surface area contributed by atoms with Crippen LogP contribution in [0.3, 0.4) is 0 Å². The van der Waals surface area contributed by atoms with Gasteiger partial charge < -0.3 is 4.90 Å². The minimum atomic E-state index is -0.324. The lowest BCUT2D eigenvalue weighted by atomic mass is 9.87. The number of hydrogen-bond acceptors (Lipinski definition) is 4. The Morgan fingerprint density at radius 1 is 0.939 bits per heavy atom. The molecule has 1 aromatic heterocycles. The van der Waals surface area contributed by atoms with Crippen molar-refractivity contribution in [2.75, 3.05) is 18.0 Å². The molecule has 0 aliphatic heterocycles. The van der Waals surface area contributed by atoms with Gasteiger partial charge in [0.15, 0.2) is 5.78 Å². The van der Waals surface area contributed by atoms with E-state index in [2.05, 4.69) is 43.0 Å². The Morgan fingerprint density at radius 2 is 1.64 bits per heavy atom. The van der Waals surface area contributed by atoms with Gasteiger partial charge in [-0.25, -0.2) is 9.97 Å². The van der Waals surface area contributed by atoms with Crippen molar-refractivity contribution in [3.8, 4) is 11.1 Å². The number of carbonyl (C=O) groups is 1. The molecule has 0 fully saturated rings. The first kappa shape index (κ1) is 21.1. The minimum Gasteiger partial charge on any atom is -0.372 e. The molecule has 1 atom stereocenters. The SMILES string of the molecule is CCN(CC)c1cc(-c2ccccc2)c2nc3c(nc2c1)C=CCC3C(=O)c1ccccc1. The maximum Gasteiger partial charge on any atom is 0.172 e. The van der Waals surface area contributed by atoms with Gasteiger partial charge in [0.1, 0.15) is 0 Å². The molecule has 4 nitrogen and oxygen atoms in total. The summed E-state index contributed by atoms with van der Waals surface area (Å²) in [5.74, 6) is -0.230. The fraction of sp³-hybridized carbons (Fsp3) is 0.207. The third-order valence-electron chi connectivity index (χ3n) is 6.38. The number of aromatic nitrogens is 2. The summed E-state index contributed by atoms with van der Waals surface area (Å²) in [6, 6.07) is 24.1. The van der Waals surface area contributed by atoms with Gasteiger partial charge in [0.2, 0.25) is 0 Å². The number of allylic oxidation sites excluding steroid dienone is 1. The van der Waals surface area contributed by atoms with Crippen molar-refractivity contribution in [1.82, 2.24) is 9.97 Å². The van der Waals surface area contributed by atoms with Crippen molar-refractivity contribution in [3.63, 3.8) is 0 Å². The first-order chi connectivity index (χ1) is 16.2. The van der Waals surface area contributed by atoms with Gasteiger partial charge in [0.25, 0.3) is 0 Å². The molecule has 0 spiro atoms. The van der Waals surface area contributed by atoms with Crippen molar-refractivity contribution in [1.29, 1.82) is 0 Å². The van der Waals surface area contributed by atoms with E-state index in [1.165, 1.54) is 0 Å². The van der Waals surface area contributed by atoms with Gasteiger partial charge in [0.05, 0.1) is 28.3 Å². The average molecular weight is 434 g/mol. The predicted molar refractivity (Wildman–Crippen MR) is 136 cm³/mol. The quantitative estimate of drug-likeness (QED) is 0.325. The molecule has 0 saturated carbocycles. The fourth-order valence-corrected chi connectivity index (χ4v) is 4.62. The molecule has 3 aromatic carbocycles. The number of hydrogen-bond donors (Lipinski definition) is 0. The molecule has 0 radical (unpaired) electrons. The van der Waals surface area contributed by atoms with Crippen LogP contribution in [0.5, 0.6) is 0 Å². The van der Waals surface area contributed by atoms with Gasteiger partial charge in [0, 0.05) is 29.9 Å². The molecule has 4 aromatic rings. The Kier molecular flexibility index (Phi) is 5.74. The van der Waals surface area contributed by atoms with Crippen molar-refractivity contribution in [2.45, 2.75) is 26.2 Å². The third-order valence-corrected chi connectivity index (χ3v) is 6.38. The summed E-state index contributed by atoms with van der Waals surface area (Å²) in [7, 11) is 0. The van der Waals surface area contributed by atoms with Crippen LogP contribution in [-0.4, -0.2) is 28.8 Å². The molecule has 0 amide bonds. The van der Waals surface area contributed by atoms with Crippen LogP contribution in [0.15, 0.2) is 78.9 Å². The molecule has 33 heavy (non-hydrogen) atoms. The molecule has 1 heterocycles. The number of ketones is 1. The highest BCUT2D eigenvalue weighted by Gasteiger charge is 2.28. The second-order valence-corrected chi connectivity index (χ2v) is 8.31. The first-order valence-electron chi connectivity index (χ1n) is 11.6. The Hall–Kier alpha value is -3.79. The molecular formula is C29H27N3O. The zero-order valence-corrected chi connectivity index (χ0v) is 19.0. The van der Waals surface area contributed by atoms with E-state index in [0.29, 0.717) is 12.0 Å². The average Bonchev–Trinajstić information content (AvgIpc) is 2.88. The number of fused-ring (bicyclic) bond motifs is 2. The molecular weight excluding hydrogens is 406 g/mol. The minimum absolute atomic E-state index is 0.0934. The van der Waals surface area contributed by atoms with E-state index < -0.39 is 0 Å². The zero-order chi connectivity index (χ0) is 22.8. The Morgan fingerprint density at radius 3 is 2.33 bits per heavy atom. The predicted octanol–water partition coefficient (Wildman–Crippen LogP) is 6.53. The lowest BCUT2D eigenvalue weighted by molar-refractivity contribution is 0.0957. The van der Waals surface area contributed by atoms with Crippen molar-refractivity contribution in [3.05, 3.63) is 95.8 Å². The van der Waals surface area contributed by atoms with E-state index in [4.69, 9.17) is 9.97 Å². The standard InChI is InChI=1S/C29H27N3O/c1-3-32(4-2)22-18-24(20-12-7-5-8-13-20)28-26(19-22)30-25-17-11-16-23(27(25)31-28)29(33)21-14-9-6-10-15-21/h5-15,17-19,23H,3-4,16H2,1-2H3. The second kappa shape index (κ2) is 8.99. The molecule has 1 aliphatic carbocycles. The monoisotopic (exact) mass is 433 g/mol. The van der Waals surface area contributed by atoms with Crippen LogP contribution in [0.4, 0.5) is 5.69 Å². The molecule has 0 saturated heterocycles. The zero-order valence-electron chi connectivity index (χ0n) is 19.0. The van der Waals surface area contributed by atoms with Crippen LogP contribution in [0, 0.1) is 0 Å². The summed E-state index contributed by atoms with van der Waals surface area (Å²) >= 11 is 0. The highest BCUT2D eigenvalue weighted by molar-refractivity contribution is 6.02. The fourth-order valence-electron chi connectivity index (χ4n) is 4.62. The van der Waals surface area contributed by atoms with Crippen LogP contribution in [-0.2, 0) is 0 Å². The maximum absolute atomic E-state index is 13.4. The summed E-state index contributed by atoms with van der Waals surface area (Å²) in [6.07, 6.45) is 4.68. The van der Waals surface area contributed by atoms with E-state index in [9.17, 15) is 4.79 Å². The van der Waals surface area contributed by atoms with Crippen LogP contribution in [0.1, 0.15) is 47.9 Å². The highest BCUT2D eigenvalue weighted by Crippen LogP contribution is 2.36. The molecule has 1 unspecified atom stereocenters. The smallest absolute Gasteiger partial charge is 0.172 e. The molecule has 164 valence electrons. The van der Waals surface area contributed by atoms with Crippen LogP contribution < -0.4 is 4.90 Å². The first-order valence-corrected chi connectivity index (χ1v) is 11.6. The Labute approximate surface area is 194 Å². The molecule has 5 rings (SSSR count). The maximum atomic E-state index is 13.4. The van der Waals surface area contributed by atoms with E-state index in [-0.39, 0.29) is 11.7 Å². The number of carbonyl (C=O) groups excluding carboxylic acids is 1. The van der Waals surface area contributed by atoms with Gasteiger partial charge in [-0.1, -0.05) is 66.7 Å². The number of benzene rings is 3. The lowest BCUT2D eigenvalue weighted by Gasteiger charge is -2.24. The number of rotatable bonds is 6. The van der Waals surface area contributed by atoms with Crippen LogP contribution >= 0.6 is 0 Å². The molecule has 0 N–H and O–H groups in total. The third kappa shape index (κ3) is 3.93. The largest absolute Gasteiger partial charge is 0.372 e. The summed E-state index contributed by atoms with van der Waals surface area (Å²) in [4.78, 5) is 25.8. The van der Waals surface area contributed by atoms with Crippen molar-refractivity contribution >= 4 is 28.6 Å². The van der Waals surface area contributed by atoms with E-state index in [0.717, 1.165) is 52.3 Å². The van der Waals surface area contributed by atoms with Crippen molar-refractivity contribution in [2.24, 2.45) is 0 Å². The summed E-state index contributed by atoms with van der Waals surface area (Å²) in [6.45, 7) is 6.16. The summed E-state index contributed by atoms with van der Waals surface area (Å²) < 4.78 is 0. The highest BCUT2D eigenvalue weighted by atomic mass is 16.1. The van der Waals surface area contributed by atoms with E-state index in [1.807, 2.05) is 60.7 Å². The normalized spacial score (nSPS) is 14.8. The van der Waals surface area contributed by atoms with Crippen molar-refractivity contribution < 1.29 is 4.79 Å². The number of anilines is 1. The molecule has 1 aliphatic rings. The Balaban J connectivity index is 1.71. The van der Waals surface area contributed by atoms with Crippen LogP contribution in [0.25, 0.3) is 28.2 Å². The topological polar surface area (TPSA) is 46.1 Å². The second-order valence-electron chi connectivity index (χ2n) is 8.31. The summed E-state index contributed by atoms with van der Waals surface area (Å²) in [5, 5.41) is 0. The van der Waals surface area contributed by atoms with Gasteiger partial charge in [-0.15, -0.1) is 0 Å². The molecule has 4 heteroatoms. The number of nitrogens with zero attached hydrogens (tertiary/aromatic N) is 3. The van der Waals surface area contributed by atoms with Gasteiger partial charge in [-0.05, 0) is 44.0 Å². The molecule has 0 bridgehead atoms. The van der Waals surface area contributed by atoms with E-state index >= 15 is 0 Å². The number of Topliss-reactive ketones (excluding diaryl/α,β-unsaturated/α-hetero) is 1.